The quantitative estimate of drug-likeness (QED) is 0.931. The van der Waals surface area contributed by atoms with E-state index in [1.807, 2.05) is 18.2 Å². The van der Waals surface area contributed by atoms with E-state index in [1.54, 1.807) is 0 Å². The maximum absolute atomic E-state index is 12.4. The molecule has 3 nitrogen and oxygen atoms in total. The zero-order valence-electron chi connectivity index (χ0n) is 12.1. The molecule has 6 heteroatoms. The fourth-order valence-corrected chi connectivity index (χ4v) is 3.71. The zero-order valence-corrected chi connectivity index (χ0v) is 12.1. The Labute approximate surface area is 127 Å². The van der Waals surface area contributed by atoms with Crippen LogP contribution in [-0.4, -0.2) is 35.1 Å². The maximum Gasteiger partial charge on any atom is 0.471 e. The predicted molar refractivity (Wildman–Crippen MR) is 76.0 cm³/mol. The predicted octanol–water partition coefficient (Wildman–Crippen LogP) is 2.86. The number of piperidine rings is 1. The van der Waals surface area contributed by atoms with Crippen molar-refractivity contribution in [3.8, 4) is 0 Å². The molecule has 1 amide bonds. The Bertz CT molecular complexity index is 518. The van der Waals surface area contributed by atoms with E-state index in [2.05, 4.69) is 22.3 Å². The number of carbonyl (C=O) groups is 1. The summed E-state index contributed by atoms with van der Waals surface area (Å²) in [6.07, 6.45) is -1.59. The number of amides is 1. The highest BCUT2D eigenvalue weighted by molar-refractivity contribution is 5.81. The molecule has 2 aliphatic heterocycles. The van der Waals surface area contributed by atoms with Gasteiger partial charge in [-0.15, -0.1) is 0 Å². The lowest BCUT2D eigenvalue weighted by Crippen LogP contribution is -2.52. The van der Waals surface area contributed by atoms with Crippen molar-refractivity contribution in [3.05, 3.63) is 35.9 Å². The summed E-state index contributed by atoms with van der Waals surface area (Å²) in [5.41, 5.74) is 1.22. The van der Waals surface area contributed by atoms with Crippen molar-refractivity contribution in [2.24, 2.45) is 0 Å². The van der Waals surface area contributed by atoms with Gasteiger partial charge in [-0.1, -0.05) is 30.3 Å². The molecule has 0 aliphatic carbocycles. The van der Waals surface area contributed by atoms with Crippen LogP contribution in [0.3, 0.4) is 0 Å². The van der Waals surface area contributed by atoms with E-state index in [-0.39, 0.29) is 18.1 Å². The average molecular weight is 312 g/mol. The van der Waals surface area contributed by atoms with Gasteiger partial charge < -0.3 is 5.32 Å². The standard InChI is InChI=1S/C16H19F3N2O/c17-16(18,19)15(22)20-12-8-13-6-7-14(9-12)21(13)10-11-4-2-1-3-5-11/h1-5,12-14H,6-10H2,(H,20,22). The second-order valence-electron chi connectivity index (χ2n) is 6.18. The van der Waals surface area contributed by atoms with Gasteiger partial charge in [-0.25, -0.2) is 0 Å². The van der Waals surface area contributed by atoms with E-state index >= 15 is 0 Å². The summed E-state index contributed by atoms with van der Waals surface area (Å²) < 4.78 is 37.1. The molecule has 0 spiro atoms. The lowest BCUT2D eigenvalue weighted by Gasteiger charge is -2.39. The van der Waals surface area contributed by atoms with E-state index < -0.39 is 12.1 Å². The van der Waals surface area contributed by atoms with Crippen LogP contribution in [0.2, 0.25) is 0 Å². The third-order valence-electron chi connectivity index (χ3n) is 4.68. The Morgan fingerprint density at radius 3 is 2.27 bits per heavy atom. The van der Waals surface area contributed by atoms with Gasteiger partial charge in [0.25, 0.3) is 0 Å². The molecule has 22 heavy (non-hydrogen) atoms. The Kier molecular flexibility index (Phi) is 4.12. The van der Waals surface area contributed by atoms with E-state index in [9.17, 15) is 18.0 Å². The SMILES string of the molecule is O=C(NC1CC2CCC(C1)N2Cc1ccccc1)C(F)(F)F. The second-order valence-corrected chi connectivity index (χ2v) is 6.18. The van der Waals surface area contributed by atoms with Crippen molar-refractivity contribution in [1.29, 1.82) is 0 Å². The van der Waals surface area contributed by atoms with Crippen molar-refractivity contribution in [1.82, 2.24) is 10.2 Å². The second kappa shape index (κ2) is 5.91. The van der Waals surface area contributed by atoms with Crippen molar-refractivity contribution >= 4 is 5.91 Å². The topological polar surface area (TPSA) is 32.3 Å². The summed E-state index contributed by atoms with van der Waals surface area (Å²) in [6, 6.07) is 10.3. The average Bonchev–Trinajstić information content (AvgIpc) is 2.70. The molecule has 0 aromatic heterocycles. The number of halogens is 3. The summed E-state index contributed by atoms with van der Waals surface area (Å²) in [4.78, 5) is 13.5. The summed E-state index contributed by atoms with van der Waals surface area (Å²) in [5, 5.41) is 2.15. The minimum atomic E-state index is -4.79. The third-order valence-corrected chi connectivity index (χ3v) is 4.68. The first-order valence-electron chi connectivity index (χ1n) is 7.61. The van der Waals surface area contributed by atoms with Crippen LogP contribution in [0.1, 0.15) is 31.2 Å². The van der Waals surface area contributed by atoms with Gasteiger partial charge in [0.05, 0.1) is 0 Å². The molecule has 2 fully saturated rings. The molecule has 2 unspecified atom stereocenters. The molecule has 1 N–H and O–H groups in total. The number of fused-ring (bicyclic) bond motifs is 2. The normalized spacial score (nSPS) is 28.6. The van der Waals surface area contributed by atoms with E-state index in [4.69, 9.17) is 0 Å². The fourth-order valence-electron chi connectivity index (χ4n) is 3.71. The monoisotopic (exact) mass is 312 g/mol. The van der Waals surface area contributed by atoms with Crippen LogP contribution in [0.25, 0.3) is 0 Å². The number of alkyl halides is 3. The smallest absolute Gasteiger partial charge is 0.345 e. The number of rotatable bonds is 3. The molecule has 1 aromatic rings. The number of hydrogen-bond donors (Lipinski definition) is 1. The summed E-state index contributed by atoms with van der Waals surface area (Å²) in [5.74, 6) is -1.81. The number of benzene rings is 1. The van der Waals surface area contributed by atoms with Crippen molar-refractivity contribution in [2.75, 3.05) is 0 Å². The fraction of sp³-hybridized carbons (Fsp3) is 0.562. The first-order valence-corrected chi connectivity index (χ1v) is 7.61. The highest BCUT2D eigenvalue weighted by Crippen LogP contribution is 2.37. The molecule has 0 radical (unpaired) electrons. The minimum Gasteiger partial charge on any atom is -0.345 e. The van der Waals surface area contributed by atoms with Crippen LogP contribution in [-0.2, 0) is 11.3 Å². The van der Waals surface area contributed by atoms with Gasteiger partial charge in [0.2, 0.25) is 0 Å². The van der Waals surface area contributed by atoms with Crippen LogP contribution < -0.4 is 5.32 Å². The van der Waals surface area contributed by atoms with Gasteiger partial charge in [0.15, 0.2) is 0 Å². The molecule has 1 aromatic carbocycles. The molecule has 2 atom stereocenters. The number of carbonyl (C=O) groups excluding carboxylic acids is 1. The van der Waals surface area contributed by atoms with Gasteiger partial charge in [-0.3, -0.25) is 9.69 Å². The van der Waals surface area contributed by atoms with E-state index in [0.717, 1.165) is 19.4 Å². The van der Waals surface area contributed by atoms with Crippen molar-refractivity contribution < 1.29 is 18.0 Å². The van der Waals surface area contributed by atoms with Crippen molar-refractivity contribution in [2.45, 2.75) is 56.5 Å². The highest BCUT2D eigenvalue weighted by atomic mass is 19.4. The summed E-state index contributed by atoms with van der Waals surface area (Å²) in [7, 11) is 0. The van der Waals surface area contributed by atoms with Gasteiger partial charge in [-0.2, -0.15) is 13.2 Å². The molecular weight excluding hydrogens is 293 g/mol. The maximum atomic E-state index is 12.4. The van der Waals surface area contributed by atoms with Gasteiger partial charge in [-0.05, 0) is 31.2 Å². The van der Waals surface area contributed by atoms with E-state index in [1.165, 1.54) is 5.56 Å². The number of nitrogens with one attached hydrogen (secondary N) is 1. The van der Waals surface area contributed by atoms with Gasteiger partial charge in [0, 0.05) is 24.7 Å². The van der Waals surface area contributed by atoms with Gasteiger partial charge in [0.1, 0.15) is 0 Å². The van der Waals surface area contributed by atoms with Crippen LogP contribution >= 0.6 is 0 Å². The van der Waals surface area contributed by atoms with Gasteiger partial charge >= 0.3 is 12.1 Å². The Balaban J connectivity index is 1.61. The lowest BCUT2D eigenvalue weighted by atomic mass is 9.96. The Morgan fingerprint density at radius 2 is 1.73 bits per heavy atom. The molecule has 2 heterocycles. The minimum absolute atomic E-state index is 0.262. The molecule has 2 aliphatic rings. The molecular formula is C16H19F3N2O. The summed E-state index contributed by atoms with van der Waals surface area (Å²) >= 11 is 0. The first kappa shape index (κ1) is 15.3. The molecule has 2 saturated heterocycles. The molecule has 0 saturated carbocycles. The van der Waals surface area contributed by atoms with Crippen LogP contribution in [0.5, 0.6) is 0 Å². The molecule has 120 valence electrons. The van der Waals surface area contributed by atoms with Crippen molar-refractivity contribution in [3.63, 3.8) is 0 Å². The van der Waals surface area contributed by atoms with Crippen LogP contribution in [0.15, 0.2) is 30.3 Å². The van der Waals surface area contributed by atoms with Crippen LogP contribution in [0, 0.1) is 0 Å². The van der Waals surface area contributed by atoms with Crippen LogP contribution in [0.4, 0.5) is 13.2 Å². The van der Waals surface area contributed by atoms with E-state index in [0.29, 0.717) is 12.8 Å². The lowest BCUT2D eigenvalue weighted by molar-refractivity contribution is -0.174. The third kappa shape index (κ3) is 3.27. The first-order chi connectivity index (χ1) is 10.4. The Hall–Kier alpha value is -1.56. The number of nitrogens with zero attached hydrogens (tertiary/aromatic N) is 1. The largest absolute Gasteiger partial charge is 0.471 e. The highest BCUT2D eigenvalue weighted by Gasteiger charge is 2.44. The molecule has 3 rings (SSSR count). The number of hydrogen-bond acceptors (Lipinski definition) is 2. The Morgan fingerprint density at radius 1 is 1.14 bits per heavy atom. The molecule has 2 bridgehead atoms. The summed E-state index contributed by atoms with van der Waals surface area (Å²) in [6.45, 7) is 0.829. The zero-order chi connectivity index (χ0) is 15.7.